The van der Waals surface area contributed by atoms with Gasteiger partial charge < -0.3 is 15.2 Å². The van der Waals surface area contributed by atoms with E-state index in [9.17, 15) is 4.79 Å². The van der Waals surface area contributed by atoms with Crippen LogP contribution in [0.15, 0.2) is 48.5 Å². The monoisotopic (exact) mass is 305 g/mol. The van der Waals surface area contributed by atoms with Crippen molar-refractivity contribution in [2.75, 3.05) is 12.3 Å². The van der Waals surface area contributed by atoms with E-state index in [-0.39, 0.29) is 25.6 Å². The van der Waals surface area contributed by atoms with E-state index in [0.717, 1.165) is 5.56 Å². The Kier molecular flexibility index (Phi) is 5.46. The summed E-state index contributed by atoms with van der Waals surface area (Å²) in [6.45, 7) is 0.455. The van der Waals surface area contributed by atoms with Gasteiger partial charge in [0.1, 0.15) is 12.4 Å². The van der Waals surface area contributed by atoms with Gasteiger partial charge in [-0.3, -0.25) is 4.79 Å². The van der Waals surface area contributed by atoms with Gasteiger partial charge in [0.15, 0.2) is 0 Å². The third-order valence-electron chi connectivity index (χ3n) is 2.80. The first-order chi connectivity index (χ1) is 10.1. The number of anilines is 1. The molecule has 2 aromatic rings. The number of rotatable bonds is 6. The number of para-hydroxylation sites is 2. The smallest absolute Gasteiger partial charge is 0.309 e. The molecule has 0 fully saturated rings. The van der Waals surface area contributed by atoms with Crippen molar-refractivity contribution in [3.05, 3.63) is 59.1 Å². The van der Waals surface area contributed by atoms with E-state index in [4.69, 9.17) is 26.8 Å². The van der Waals surface area contributed by atoms with Gasteiger partial charge in [-0.05, 0) is 29.8 Å². The number of benzene rings is 2. The molecule has 0 unspecified atom stereocenters. The maximum absolute atomic E-state index is 11.6. The molecule has 2 N–H and O–H groups in total. The molecule has 5 heteroatoms. The fourth-order valence-corrected chi connectivity index (χ4v) is 1.80. The number of ether oxygens (including phenoxy) is 2. The number of nitrogens with two attached hydrogens (primary N) is 1. The van der Waals surface area contributed by atoms with Crippen LogP contribution in [0.25, 0.3) is 0 Å². The molecule has 0 aromatic heterocycles. The summed E-state index contributed by atoms with van der Waals surface area (Å²) in [5, 5.41) is 0.652. The highest BCUT2D eigenvalue weighted by molar-refractivity contribution is 6.30. The Bertz CT molecular complexity index is 599. The lowest BCUT2D eigenvalue weighted by atomic mass is 10.2. The summed E-state index contributed by atoms with van der Waals surface area (Å²) in [7, 11) is 0. The lowest BCUT2D eigenvalue weighted by Gasteiger charge is -2.08. The Balaban J connectivity index is 1.70. The van der Waals surface area contributed by atoms with E-state index < -0.39 is 0 Å². The summed E-state index contributed by atoms with van der Waals surface area (Å²) in [5.41, 5.74) is 7.17. The van der Waals surface area contributed by atoms with E-state index in [0.29, 0.717) is 16.5 Å². The molecule has 0 spiro atoms. The Morgan fingerprint density at radius 1 is 1.10 bits per heavy atom. The second-order valence-electron chi connectivity index (χ2n) is 4.42. The van der Waals surface area contributed by atoms with Crippen LogP contribution in [0, 0.1) is 0 Å². The second-order valence-corrected chi connectivity index (χ2v) is 4.86. The van der Waals surface area contributed by atoms with Crippen LogP contribution in [0.3, 0.4) is 0 Å². The molecular weight excluding hydrogens is 290 g/mol. The average molecular weight is 306 g/mol. The van der Waals surface area contributed by atoms with Crippen LogP contribution in [0.4, 0.5) is 5.69 Å². The van der Waals surface area contributed by atoms with E-state index in [1.54, 1.807) is 24.3 Å². The van der Waals surface area contributed by atoms with Crippen LogP contribution in [-0.4, -0.2) is 12.6 Å². The lowest BCUT2D eigenvalue weighted by Crippen LogP contribution is -2.10. The predicted molar refractivity (Wildman–Crippen MR) is 82.2 cm³/mol. The Labute approximate surface area is 128 Å². The molecule has 0 amide bonds. The Morgan fingerprint density at radius 3 is 2.52 bits per heavy atom. The number of nitrogen functional groups attached to an aromatic ring is 1. The van der Waals surface area contributed by atoms with Gasteiger partial charge in [-0.25, -0.2) is 0 Å². The van der Waals surface area contributed by atoms with Crippen molar-refractivity contribution in [1.29, 1.82) is 0 Å². The molecule has 0 radical (unpaired) electrons. The zero-order valence-corrected chi connectivity index (χ0v) is 12.2. The second kappa shape index (κ2) is 7.55. The first kappa shape index (κ1) is 15.2. The van der Waals surface area contributed by atoms with Crippen molar-refractivity contribution in [1.82, 2.24) is 0 Å². The SMILES string of the molecule is Nc1ccccc1OCCC(=O)OCc1ccc(Cl)cc1. The molecule has 2 aromatic carbocycles. The summed E-state index contributed by atoms with van der Waals surface area (Å²) in [5.74, 6) is 0.252. The van der Waals surface area contributed by atoms with E-state index in [2.05, 4.69) is 0 Å². The topological polar surface area (TPSA) is 61.5 Å². The molecule has 2 rings (SSSR count). The zero-order chi connectivity index (χ0) is 15.1. The maximum Gasteiger partial charge on any atom is 0.309 e. The Hall–Kier alpha value is -2.20. The molecule has 4 nitrogen and oxygen atoms in total. The number of carbonyl (C=O) groups is 1. The van der Waals surface area contributed by atoms with Crippen molar-refractivity contribution in [2.45, 2.75) is 13.0 Å². The summed E-state index contributed by atoms with van der Waals surface area (Å²) in [4.78, 5) is 11.6. The van der Waals surface area contributed by atoms with Crippen LogP contribution in [-0.2, 0) is 16.1 Å². The van der Waals surface area contributed by atoms with Crippen LogP contribution < -0.4 is 10.5 Å². The molecule has 0 aliphatic heterocycles. The van der Waals surface area contributed by atoms with Crippen LogP contribution >= 0.6 is 11.6 Å². The molecule has 0 aliphatic rings. The van der Waals surface area contributed by atoms with E-state index in [1.807, 2.05) is 24.3 Å². The van der Waals surface area contributed by atoms with Gasteiger partial charge in [0.2, 0.25) is 0 Å². The number of esters is 1. The van der Waals surface area contributed by atoms with Gasteiger partial charge >= 0.3 is 5.97 Å². The maximum atomic E-state index is 11.6. The first-order valence-corrected chi connectivity index (χ1v) is 6.90. The first-order valence-electron chi connectivity index (χ1n) is 6.52. The quantitative estimate of drug-likeness (QED) is 0.656. The number of hydrogen-bond donors (Lipinski definition) is 1. The van der Waals surface area contributed by atoms with Gasteiger partial charge in [-0.2, -0.15) is 0 Å². The van der Waals surface area contributed by atoms with E-state index >= 15 is 0 Å². The van der Waals surface area contributed by atoms with Gasteiger partial charge in [0.25, 0.3) is 0 Å². The van der Waals surface area contributed by atoms with Gasteiger partial charge in [0, 0.05) is 5.02 Å². The normalized spacial score (nSPS) is 10.1. The molecule has 110 valence electrons. The summed E-state index contributed by atoms with van der Waals surface area (Å²) >= 11 is 5.78. The predicted octanol–water partition coefficient (Wildman–Crippen LogP) is 3.43. The van der Waals surface area contributed by atoms with Crippen LogP contribution in [0.5, 0.6) is 5.75 Å². The van der Waals surface area contributed by atoms with Gasteiger partial charge in [0.05, 0.1) is 18.7 Å². The van der Waals surface area contributed by atoms with Crippen molar-refractivity contribution in [2.24, 2.45) is 0 Å². The third kappa shape index (κ3) is 5.00. The molecule has 0 saturated carbocycles. The lowest BCUT2D eigenvalue weighted by molar-refractivity contribution is -0.145. The highest BCUT2D eigenvalue weighted by Crippen LogP contribution is 2.19. The summed E-state index contributed by atoms with van der Waals surface area (Å²) < 4.78 is 10.6. The van der Waals surface area contributed by atoms with Crippen LogP contribution in [0.2, 0.25) is 5.02 Å². The molecule has 0 bridgehead atoms. The molecule has 0 aliphatic carbocycles. The fraction of sp³-hybridized carbons (Fsp3) is 0.188. The Morgan fingerprint density at radius 2 is 1.81 bits per heavy atom. The van der Waals surface area contributed by atoms with Gasteiger partial charge in [-0.1, -0.05) is 35.9 Å². The molecule has 21 heavy (non-hydrogen) atoms. The molecule has 0 atom stereocenters. The molecule has 0 heterocycles. The minimum absolute atomic E-state index is 0.169. The van der Waals surface area contributed by atoms with E-state index in [1.165, 1.54) is 0 Å². The van der Waals surface area contributed by atoms with Crippen molar-refractivity contribution >= 4 is 23.3 Å². The van der Waals surface area contributed by atoms with Crippen molar-refractivity contribution in [3.8, 4) is 5.75 Å². The summed E-state index contributed by atoms with van der Waals surface area (Å²) in [6.07, 6.45) is 0.169. The third-order valence-corrected chi connectivity index (χ3v) is 3.05. The van der Waals surface area contributed by atoms with Crippen molar-refractivity contribution < 1.29 is 14.3 Å². The largest absolute Gasteiger partial charge is 0.491 e. The van der Waals surface area contributed by atoms with Crippen LogP contribution in [0.1, 0.15) is 12.0 Å². The highest BCUT2D eigenvalue weighted by Gasteiger charge is 2.05. The van der Waals surface area contributed by atoms with Gasteiger partial charge in [-0.15, -0.1) is 0 Å². The number of halogens is 1. The highest BCUT2D eigenvalue weighted by atomic mass is 35.5. The van der Waals surface area contributed by atoms with Crippen molar-refractivity contribution in [3.63, 3.8) is 0 Å². The standard InChI is InChI=1S/C16H16ClNO3/c17-13-7-5-12(6-8-13)11-21-16(19)9-10-20-15-4-2-1-3-14(15)18/h1-8H,9-11,18H2. The fourth-order valence-electron chi connectivity index (χ4n) is 1.67. The zero-order valence-electron chi connectivity index (χ0n) is 11.4. The summed E-state index contributed by atoms with van der Waals surface area (Å²) in [6, 6.07) is 14.3. The number of carbonyl (C=O) groups excluding carboxylic acids is 1. The minimum Gasteiger partial charge on any atom is -0.491 e. The average Bonchev–Trinajstić information content (AvgIpc) is 2.49. The minimum atomic E-state index is -0.320. The molecular formula is C16H16ClNO3. The number of hydrogen-bond acceptors (Lipinski definition) is 4. The molecule has 0 saturated heterocycles.